The number of hydrogen-bond donors (Lipinski definition) is 6. The fourth-order valence-corrected chi connectivity index (χ4v) is 5.38. The number of hydrogen-bond acceptors (Lipinski definition) is 7. The van der Waals surface area contributed by atoms with Crippen molar-refractivity contribution in [2.24, 2.45) is 0 Å². The van der Waals surface area contributed by atoms with Crippen molar-refractivity contribution in [2.75, 3.05) is 36.6 Å². The molecule has 1 aliphatic heterocycles. The number of amides is 3. The van der Waals surface area contributed by atoms with Crippen LogP contribution in [0.15, 0.2) is 91.5 Å². The highest BCUT2D eigenvalue weighted by Crippen LogP contribution is 2.41. The number of urea groups is 1. The van der Waals surface area contributed by atoms with Crippen LogP contribution >= 0.6 is 0 Å². The number of H-pyrrole nitrogens is 1. The second kappa shape index (κ2) is 13.2. The quantitative estimate of drug-likeness (QED) is 0.0993. The fraction of sp³-hybridized carbons (Fsp3) is 0.265. The fourth-order valence-electron chi connectivity index (χ4n) is 5.38. The molecule has 0 saturated carbocycles. The first-order chi connectivity index (χ1) is 21.5. The highest BCUT2D eigenvalue weighted by atomic mass is 16.3. The Morgan fingerprint density at radius 2 is 1.67 bits per heavy atom. The van der Waals surface area contributed by atoms with E-state index in [0.29, 0.717) is 35.8 Å². The topological polar surface area (TPSA) is 138 Å². The zero-order valence-electron chi connectivity index (χ0n) is 26.0. The molecule has 11 heteroatoms. The molecule has 2 atom stereocenters. The molecule has 0 spiro atoms. The largest absolute Gasteiger partial charge is 0.370 e. The van der Waals surface area contributed by atoms with Crippen LogP contribution in [0.5, 0.6) is 0 Å². The SMILES string of the molecule is C=CC(O)Nc1ccc(C(=O)Nc2ccc(Nc3n[nH]c4c3CN(C(=O)N[C@H](CN(C)C)c3ccccc3)C4(C)C)cc2)cc1. The average molecular weight is 609 g/mol. The molecule has 1 unspecified atom stereocenters. The summed E-state index contributed by atoms with van der Waals surface area (Å²) in [5, 5.41) is 29.6. The van der Waals surface area contributed by atoms with Gasteiger partial charge in [-0.3, -0.25) is 9.89 Å². The lowest BCUT2D eigenvalue weighted by molar-refractivity contribution is 0.102. The van der Waals surface area contributed by atoms with Crippen LogP contribution in [0.2, 0.25) is 0 Å². The van der Waals surface area contributed by atoms with Gasteiger partial charge in [0.15, 0.2) is 5.82 Å². The summed E-state index contributed by atoms with van der Waals surface area (Å²) in [5.41, 5.74) is 4.84. The van der Waals surface area contributed by atoms with Gasteiger partial charge in [-0.2, -0.15) is 5.10 Å². The van der Waals surface area contributed by atoms with E-state index in [1.54, 1.807) is 24.3 Å². The van der Waals surface area contributed by atoms with Gasteiger partial charge in [0.1, 0.15) is 6.23 Å². The van der Waals surface area contributed by atoms with E-state index in [1.807, 2.05) is 87.4 Å². The predicted molar refractivity (Wildman–Crippen MR) is 177 cm³/mol. The standard InChI is InChI=1S/C34H40N8O3/c1-6-29(43)35-24-14-12-23(13-15-24)32(44)37-26-18-16-25(17-19-26)36-31-27-20-42(34(2,3)30(27)39-40-31)33(45)38-28(21-41(4)5)22-10-8-7-9-11-22/h6-19,28-29,35,43H,1,20-21H2,2-5H3,(H,37,44)(H,38,45)(H2,36,39,40)/t28-,29?/m1/s1. The molecule has 0 bridgehead atoms. The lowest BCUT2D eigenvalue weighted by Crippen LogP contribution is -2.48. The number of aliphatic hydroxyl groups excluding tert-OH is 1. The molecule has 11 nitrogen and oxygen atoms in total. The Morgan fingerprint density at radius 1 is 1.02 bits per heavy atom. The summed E-state index contributed by atoms with van der Waals surface area (Å²) in [6, 6.07) is 23.8. The summed E-state index contributed by atoms with van der Waals surface area (Å²) in [5.74, 6) is 0.394. The highest BCUT2D eigenvalue weighted by molar-refractivity contribution is 6.04. The maximum Gasteiger partial charge on any atom is 0.319 e. The van der Waals surface area contributed by atoms with E-state index in [1.165, 1.54) is 6.08 Å². The highest BCUT2D eigenvalue weighted by Gasteiger charge is 2.44. The number of fused-ring (bicyclic) bond motifs is 1. The third kappa shape index (κ3) is 7.17. The molecule has 1 aromatic heterocycles. The summed E-state index contributed by atoms with van der Waals surface area (Å²) < 4.78 is 0. The van der Waals surface area contributed by atoms with Gasteiger partial charge in [-0.1, -0.05) is 36.9 Å². The van der Waals surface area contributed by atoms with Crippen molar-refractivity contribution in [3.05, 3.63) is 114 Å². The van der Waals surface area contributed by atoms with E-state index in [-0.39, 0.29) is 18.0 Å². The summed E-state index contributed by atoms with van der Waals surface area (Å²) in [4.78, 5) is 30.3. The monoisotopic (exact) mass is 608 g/mol. The van der Waals surface area contributed by atoms with E-state index in [0.717, 1.165) is 22.5 Å². The van der Waals surface area contributed by atoms with Crippen LogP contribution in [0.4, 0.5) is 27.7 Å². The Kier molecular flexibility index (Phi) is 9.21. The predicted octanol–water partition coefficient (Wildman–Crippen LogP) is 5.39. The van der Waals surface area contributed by atoms with Crippen molar-refractivity contribution >= 4 is 34.8 Å². The zero-order chi connectivity index (χ0) is 32.1. The van der Waals surface area contributed by atoms with Crippen molar-refractivity contribution < 1.29 is 14.7 Å². The minimum atomic E-state index is -0.866. The number of anilines is 4. The second-order valence-corrected chi connectivity index (χ2v) is 11.8. The number of carbonyl (C=O) groups is 2. The molecule has 3 amide bonds. The Hall–Kier alpha value is -5.13. The van der Waals surface area contributed by atoms with E-state index >= 15 is 0 Å². The molecule has 4 aromatic rings. The van der Waals surface area contributed by atoms with Crippen molar-refractivity contribution in [3.8, 4) is 0 Å². The molecule has 1 aliphatic rings. The molecule has 0 saturated heterocycles. The summed E-state index contributed by atoms with van der Waals surface area (Å²) in [6.07, 6.45) is 0.511. The van der Waals surface area contributed by atoms with Crippen LogP contribution in [-0.2, 0) is 12.1 Å². The Labute approximate surface area is 263 Å². The maximum absolute atomic E-state index is 13.7. The van der Waals surface area contributed by atoms with Crippen molar-refractivity contribution in [1.82, 2.24) is 25.3 Å². The third-order valence-corrected chi connectivity index (χ3v) is 7.85. The van der Waals surface area contributed by atoms with Crippen LogP contribution in [-0.4, -0.2) is 63.9 Å². The second-order valence-electron chi connectivity index (χ2n) is 11.8. The molecule has 234 valence electrons. The Bertz CT molecular complexity index is 1630. The van der Waals surface area contributed by atoms with Crippen LogP contribution in [0, 0.1) is 0 Å². The molecule has 0 aliphatic carbocycles. The molecule has 2 heterocycles. The summed E-state index contributed by atoms with van der Waals surface area (Å²) in [6.45, 7) is 8.61. The number of benzene rings is 3. The zero-order valence-corrected chi connectivity index (χ0v) is 26.0. The van der Waals surface area contributed by atoms with E-state index in [9.17, 15) is 14.7 Å². The number of aromatic amines is 1. The van der Waals surface area contributed by atoms with Gasteiger partial charge in [-0.05, 0) is 88.1 Å². The van der Waals surface area contributed by atoms with E-state index in [2.05, 4.69) is 42.9 Å². The number of carbonyl (C=O) groups excluding carboxylic acids is 2. The van der Waals surface area contributed by atoms with Gasteiger partial charge in [0.05, 0.1) is 23.8 Å². The lowest BCUT2D eigenvalue weighted by atomic mass is 10.0. The maximum atomic E-state index is 13.7. The third-order valence-electron chi connectivity index (χ3n) is 7.85. The minimum absolute atomic E-state index is 0.147. The number of aliphatic hydroxyl groups is 1. The summed E-state index contributed by atoms with van der Waals surface area (Å²) >= 11 is 0. The van der Waals surface area contributed by atoms with E-state index in [4.69, 9.17) is 0 Å². The number of nitrogens with zero attached hydrogens (tertiary/aromatic N) is 3. The molecule has 45 heavy (non-hydrogen) atoms. The number of likely N-dealkylation sites (N-methyl/N-ethyl adjacent to an activating group) is 1. The first-order valence-corrected chi connectivity index (χ1v) is 14.8. The number of aromatic nitrogens is 2. The van der Waals surface area contributed by atoms with Crippen molar-refractivity contribution in [2.45, 2.75) is 38.2 Å². The smallest absolute Gasteiger partial charge is 0.319 e. The molecule has 6 N–H and O–H groups in total. The van der Waals surface area contributed by atoms with Gasteiger partial charge in [0.25, 0.3) is 5.91 Å². The van der Waals surface area contributed by atoms with Crippen LogP contribution in [0.3, 0.4) is 0 Å². The minimum Gasteiger partial charge on any atom is -0.370 e. The van der Waals surface area contributed by atoms with Crippen LogP contribution in [0.25, 0.3) is 0 Å². The van der Waals surface area contributed by atoms with Gasteiger partial charge < -0.3 is 36.2 Å². The molecule has 0 fully saturated rings. The average Bonchev–Trinajstić information content (AvgIpc) is 3.55. The molecular formula is C34H40N8O3. The van der Waals surface area contributed by atoms with Gasteiger partial charge in [0, 0.05) is 34.7 Å². The van der Waals surface area contributed by atoms with Gasteiger partial charge in [0.2, 0.25) is 0 Å². The van der Waals surface area contributed by atoms with Crippen LogP contribution < -0.4 is 21.3 Å². The molecular weight excluding hydrogens is 568 g/mol. The first kappa shape index (κ1) is 31.3. The number of rotatable bonds is 11. The summed E-state index contributed by atoms with van der Waals surface area (Å²) in [7, 11) is 3.99. The van der Waals surface area contributed by atoms with Gasteiger partial charge in [-0.15, -0.1) is 0 Å². The lowest BCUT2D eigenvalue weighted by Gasteiger charge is -2.34. The van der Waals surface area contributed by atoms with E-state index < -0.39 is 11.8 Å². The van der Waals surface area contributed by atoms with Crippen LogP contribution in [0.1, 0.15) is 47.1 Å². The molecule has 3 aromatic carbocycles. The van der Waals surface area contributed by atoms with Gasteiger partial charge in [-0.25, -0.2) is 4.79 Å². The van der Waals surface area contributed by atoms with Crippen molar-refractivity contribution in [1.29, 1.82) is 0 Å². The normalized spacial score (nSPS) is 14.8. The van der Waals surface area contributed by atoms with Gasteiger partial charge >= 0.3 is 6.03 Å². The Balaban J connectivity index is 1.22. The Morgan fingerprint density at radius 3 is 2.31 bits per heavy atom. The molecule has 0 radical (unpaired) electrons. The number of nitrogens with one attached hydrogen (secondary N) is 5. The van der Waals surface area contributed by atoms with Crippen molar-refractivity contribution in [3.63, 3.8) is 0 Å². The molecule has 5 rings (SSSR count). The first-order valence-electron chi connectivity index (χ1n) is 14.8.